The average molecular weight is 202 g/mol. The highest BCUT2D eigenvalue weighted by Gasteiger charge is 2.29. The zero-order valence-corrected chi connectivity index (χ0v) is 9.64. The van der Waals surface area contributed by atoms with E-state index in [1.54, 1.807) is 0 Å². The Bertz CT molecular complexity index is 241. The quantitative estimate of drug-likeness (QED) is 0.515. The Labute approximate surface area is 80.8 Å². The predicted octanol–water partition coefficient (Wildman–Crippen LogP) is 3.43. The second-order valence-electron chi connectivity index (χ2n) is 3.75. The molecule has 0 aromatic rings. The van der Waals surface area contributed by atoms with Crippen LogP contribution in [0.25, 0.3) is 0 Å². The first-order chi connectivity index (χ1) is 6.09. The van der Waals surface area contributed by atoms with E-state index in [0.29, 0.717) is 12.3 Å². The van der Waals surface area contributed by atoms with Crippen molar-refractivity contribution in [3.63, 3.8) is 0 Å². The standard InChI is InChI=1S/C10H19O2P/c1-4-10(5-2)12-13(11)7-6-9(3)8-13/h6,10H,4-5,7-8H2,1-3H3/t13-/m1/s1. The van der Waals surface area contributed by atoms with E-state index in [4.69, 9.17) is 4.52 Å². The van der Waals surface area contributed by atoms with Crippen LogP contribution in [0.3, 0.4) is 0 Å². The van der Waals surface area contributed by atoms with Crippen LogP contribution in [0, 0.1) is 0 Å². The van der Waals surface area contributed by atoms with E-state index < -0.39 is 7.37 Å². The van der Waals surface area contributed by atoms with E-state index in [9.17, 15) is 4.57 Å². The van der Waals surface area contributed by atoms with Crippen molar-refractivity contribution in [3.05, 3.63) is 11.6 Å². The molecule has 13 heavy (non-hydrogen) atoms. The molecule has 0 aromatic heterocycles. The SMILES string of the molecule is CCC(CC)O[P@]1(=O)CC=C(C)C1. The molecule has 1 rings (SSSR count). The van der Waals surface area contributed by atoms with Gasteiger partial charge in [0.15, 0.2) is 0 Å². The van der Waals surface area contributed by atoms with E-state index in [0.717, 1.165) is 12.8 Å². The largest absolute Gasteiger partial charge is 0.325 e. The second-order valence-corrected chi connectivity index (χ2v) is 6.27. The normalized spacial score (nSPS) is 28.2. The summed E-state index contributed by atoms with van der Waals surface area (Å²) in [7, 11) is -2.31. The van der Waals surface area contributed by atoms with E-state index >= 15 is 0 Å². The molecule has 0 bridgehead atoms. The highest BCUT2D eigenvalue weighted by molar-refractivity contribution is 7.59. The van der Waals surface area contributed by atoms with E-state index in [-0.39, 0.29) is 6.10 Å². The van der Waals surface area contributed by atoms with Crippen LogP contribution in [0.2, 0.25) is 0 Å². The Hall–Kier alpha value is -0.0700. The van der Waals surface area contributed by atoms with Crippen LogP contribution in [0.15, 0.2) is 11.6 Å². The summed E-state index contributed by atoms with van der Waals surface area (Å²) in [6.07, 6.45) is 5.46. The molecule has 0 fully saturated rings. The fourth-order valence-corrected chi connectivity index (χ4v) is 4.20. The molecule has 1 atom stereocenters. The minimum absolute atomic E-state index is 0.185. The molecule has 0 amide bonds. The monoisotopic (exact) mass is 202 g/mol. The third kappa shape index (κ3) is 2.96. The van der Waals surface area contributed by atoms with Gasteiger partial charge in [0.05, 0.1) is 6.10 Å². The van der Waals surface area contributed by atoms with Gasteiger partial charge in [-0.1, -0.05) is 25.5 Å². The van der Waals surface area contributed by atoms with Crippen LogP contribution >= 0.6 is 7.37 Å². The number of allylic oxidation sites excluding steroid dienone is 2. The zero-order valence-electron chi connectivity index (χ0n) is 8.75. The summed E-state index contributed by atoms with van der Waals surface area (Å²) in [5.74, 6) is 0. The fraction of sp³-hybridized carbons (Fsp3) is 0.800. The molecule has 2 nitrogen and oxygen atoms in total. The Morgan fingerprint density at radius 2 is 2.15 bits per heavy atom. The first kappa shape index (κ1) is 11.0. The Balaban J connectivity index is 2.50. The maximum absolute atomic E-state index is 12.1. The van der Waals surface area contributed by atoms with Gasteiger partial charge in [-0.2, -0.15) is 0 Å². The van der Waals surface area contributed by atoms with Gasteiger partial charge in [-0.05, 0) is 19.8 Å². The summed E-state index contributed by atoms with van der Waals surface area (Å²) >= 11 is 0. The van der Waals surface area contributed by atoms with Crippen molar-refractivity contribution < 1.29 is 9.09 Å². The lowest BCUT2D eigenvalue weighted by Crippen LogP contribution is -2.09. The lowest BCUT2D eigenvalue weighted by atomic mass is 10.2. The molecule has 0 unspecified atom stereocenters. The Morgan fingerprint density at radius 1 is 1.54 bits per heavy atom. The van der Waals surface area contributed by atoms with Crippen molar-refractivity contribution in [1.82, 2.24) is 0 Å². The van der Waals surface area contributed by atoms with Gasteiger partial charge in [0, 0.05) is 12.3 Å². The minimum Gasteiger partial charge on any atom is -0.325 e. The summed E-state index contributed by atoms with van der Waals surface area (Å²) in [5, 5.41) is 0. The van der Waals surface area contributed by atoms with Gasteiger partial charge in [0.1, 0.15) is 0 Å². The Kier molecular flexibility index (Phi) is 3.75. The van der Waals surface area contributed by atoms with Crippen molar-refractivity contribution in [2.45, 2.75) is 39.7 Å². The predicted molar refractivity (Wildman–Crippen MR) is 56.6 cm³/mol. The fourth-order valence-electron chi connectivity index (χ4n) is 1.59. The molecule has 1 heterocycles. The first-order valence-corrected chi connectivity index (χ1v) is 7.01. The third-order valence-corrected chi connectivity index (χ3v) is 4.86. The van der Waals surface area contributed by atoms with Gasteiger partial charge in [-0.25, -0.2) is 0 Å². The molecule has 0 aromatic carbocycles. The van der Waals surface area contributed by atoms with Gasteiger partial charge in [-0.15, -0.1) is 0 Å². The smallest absolute Gasteiger partial charge is 0.210 e. The molecule has 1 aliphatic rings. The van der Waals surface area contributed by atoms with Crippen LogP contribution in [0.1, 0.15) is 33.6 Å². The van der Waals surface area contributed by atoms with Gasteiger partial charge < -0.3 is 4.52 Å². The summed E-state index contributed by atoms with van der Waals surface area (Å²) in [6.45, 7) is 6.18. The lowest BCUT2D eigenvalue weighted by molar-refractivity contribution is 0.197. The summed E-state index contributed by atoms with van der Waals surface area (Å²) < 4.78 is 17.7. The summed E-state index contributed by atoms with van der Waals surface area (Å²) in [4.78, 5) is 0. The van der Waals surface area contributed by atoms with Crippen LogP contribution in [-0.4, -0.2) is 18.4 Å². The molecule has 0 N–H and O–H groups in total. The van der Waals surface area contributed by atoms with Gasteiger partial charge >= 0.3 is 0 Å². The molecule has 76 valence electrons. The number of rotatable bonds is 4. The summed E-state index contributed by atoms with van der Waals surface area (Å²) in [5.41, 5.74) is 1.22. The maximum Gasteiger partial charge on any atom is 0.210 e. The van der Waals surface area contributed by atoms with Crippen molar-refractivity contribution in [2.75, 3.05) is 12.3 Å². The second kappa shape index (κ2) is 4.43. The maximum atomic E-state index is 12.1. The molecule has 0 spiro atoms. The number of hydrogen-bond acceptors (Lipinski definition) is 2. The van der Waals surface area contributed by atoms with Crippen LogP contribution in [-0.2, 0) is 9.09 Å². The summed E-state index contributed by atoms with van der Waals surface area (Å²) in [6, 6.07) is 0. The zero-order chi connectivity index (χ0) is 9.90. The Morgan fingerprint density at radius 3 is 2.54 bits per heavy atom. The first-order valence-electron chi connectivity index (χ1n) is 5.01. The van der Waals surface area contributed by atoms with E-state index in [1.807, 2.05) is 13.0 Å². The van der Waals surface area contributed by atoms with Crippen LogP contribution < -0.4 is 0 Å². The molecule has 0 saturated carbocycles. The molecule has 0 saturated heterocycles. The van der Waals surface area contributed by atoms with E-state index in [1.165, 1.54) is 5.57 Å². The topological polar surface area (TPSA) is 26.3 Å². The molecular weight excluding hydrogens is 183 g/mol. The average Bonchev–Trinajstić information content (AvgIpc) is 2.43. The molecule has 3 heteroatoms. The third-order valence-electron chi connectivity index (χ3n) is 2.46. The van der Waals surface area contributed by atoms with Crippen molar-refractivity contribution in [3.8, 4) is 0 Å². The lowest BCUT2D eigenvalue weighted by Gasteiger charge is -2.19. The molecule has 1 aliphatic heterocycles. The van der Waals surface area contributed by atoms with Crippen molar-refractivity contribution >= 4 is 7.37 Å². The van der Waals surface area contributed by atoms with E-state index in [2.05, 4.69) is 13.8 Å². The molecule has 0 aliphatic carbocycles. The van der Waals surface area contributed by atoms with Crippen molar-refractivity contribution in [2.24, 2.45) is 0 Å². The van der Waals surface area contributed by atoms with Gasteiger partial charge in [0.25, 0.3) is 0 Å². The van der Waals surface area contributed by atoms with Gasteiger partial charge in [-0.3, -0.25) is 4.57 Å². The molecule has 0 radical (unpaired) electrons. The van der Waals surface area contributed by atoms with Crippen molar-refractivity contribution in [1.29, 1.82) is 0 Å². The van der Waals surface area contributed by atoms with Crippen LogP contribution in [0.5, 0.6) is 0 Å². The molecular formula is C10H19O2P. The van der Waals surface area contributed by atoms with Gasteiger partial charge in [0.2, 0.25) is 7.37 Å². The minimum atomic E-state index is -2.31. The highest BCUT2D eigenvalue weighted by Crippen LogP contribution is 2.53. The van der Waals surface area contributed by atoms with Crippen LogP contribution in [0.4, 0.5) is 0 Å². The number of hydrogen-bond donors (Lipinski definition) is 0. The highest BCUT2D eigenvalue weighted by atomic mass is 31.2.